The predicted molar refractivity (Wildman–Crippen MR) is 101 cm³/mol. The third-order valence-electron chi connectivity index (χ3n) is 4.24. The van der Waals surface area contributed by atoms with Crippen LogP contribution in [-0.4, -0.2) is 35.4 Å². The molecule has 130 valence electrons. The second-order valence-electron chi connectivity index (χ2n) is 5.77. The minimum absolute atomic E-state index is 0. The molecular weight excluding hydrogens is 345 g/mol. The molecule has 0 saturated carbocycles. The third kappa shape index (κ3) is 4.94. The van der Waals surface area contributed by atoms with E-state index in [2.05, 4.69) is 22.4 Å². The summed E-state index contributed by atoms with van der Waals surface area (Å²) >= 11 is 0. The average molecular weight is 368 g/mol. The van der Waals surface area contributed by atoms with Gasteiger partial charge in [-0.1, -0.05) is 24.3 Å². The molecule has 0 saturated heterocycles. The van der Waals surface area contributed by atoms with Gasteiger partial charge in [0.15, 0.2) is 0 Å². The Morgan fingerprint density at radius 1 is 1.17 bits per heavy atom. The lowest BCUT2D eigenvalue weighted by Gasteiger charge is -2.29. The Morgan fingerprint density at radius 3 is 2.54 bits per heavy atom. The van der Waals surface area contributed by atoms with Gasteiger partial charge in [-0.05, 0) is 41.7 Å². The van der Waals surface area contributed by atoms with Crippen LogP contribution >= 0.6 is 24.8 Å². The zero-order valence-electron chi connectivity index (χ0n) is 13.6. The van der Waals surface area contributed by atoms with Gasteiger partial charge in [0.05, 0.1) is 6.04 Å². The topological polar surface area (TPSA) is 45.2 Å². The molecule has 4 nitrogen and oxygen atoms in total. The van der Waals surface area contributed by atoms with Gasteiger partial charge in [0.1, 0.15) is 0 Å². The first-order chi connectivity index (χ1) is 10.7. The maximum absolute atomic E-state index is 12.6. The lowest BCUT2D eigenvalue weighted by molar-refractivity contribution is -0.132. The van der Waals surface area contributed by atoms with Crippen LogP contribution in [0.25, 0.3) is 0 Å². The van der Waals surface area contributed by atoms with E-state index < -0.39 is 0 Å². The van der Waals surface area contributed by atoms with E-state index in [-0.39, 0.29) is 36.8 Å². The van der Waals surface area contributed by atoms with Crippen molar-refractivity contribution in [2.45, 2.75) is 25.4 Å². The Hall–Kier alpha value is -1.62. The van der Waals surface area contributed by atoms with Crippen LogP contribution in [0, 0.1) is 0 Å². The fourth-order valence-corrected chi connectivity index (χ4v) is 2.85. The van der Waals surface area contributed by atoms with Crippen molar-refractivity contribution < 1.29 is 4.79 Å². The SMILES string of the molecule is CN(CCc1ccncc1)C(=O)C1Cc2ccccc2CN1.Cl.Cl. The van der Waals surface area contributed by atoms with E-state index >= 15 is 0 Å². The van der Waals surface area contributed by atoms with E-state index in [1.54, 1.807) is 12.4 Å². The number of fused-ring (bicyclic) bond motifs is 1. The number of carbonyl (C=O) groups excluding carboxylic acids is 1. The van der Waals surface area contributed by atoms with E-state index in [4.69, 9.17) is 0 Å². The molecule has 1 N–H and O–H groups in total. The number of rotatable bonds is 4. The molecule has 0 bridgehead atoms. The highest BCUT2D eigenvalue weighted by atomic mass is 35.5. The lowest BCUT2D eigenvalue weighted by atomic mass is 9.95. The number of benzene rings is 1. The predicted octanol–water partition coefficient (Wildman–Crippen LogP) is 2.64. The number of nitrogens with one attached hydrogen (secondary N) is 1. The van der Waals surface area contributed by atoms with Crippen LogP contribution in [0.15, 0.2) is 48.8 Å². The molecule has 3 rings (SSSR count). The second kappa shape index (κ2) is 9.62. The zero-order chi connectivity index (χ0) is 15.4. The first-order valence-corrected chi connectivity index (χ1v) is 7.68. The van der Waals surface area contributed by atoms with Crippen molar-refractivity contribution in [3.05, 3.63) is 65.5 Å². The van der Waals surface area contributed by atoms with E-state index in [0.29, 0.717) is 0 Å². The first-order valence-electron chi connectivity index (χ1n) is 7.68. The van der Waals surface area contributed by atoms with E-state index in [0.717, 1.165) is 25.9 Å². The maximum atomic E-state index is 12.6. The number of amides is 1. The summed E-state index contributed by atoms with van der Waals surface area (Å²) in [7, 11) is 1.88. The number of likely N-dealkylation sites (N-methyl/N-ethyl adjacent to an activating group) is 1. The van der Waals surface area contributed by atoms with Crippen molar-refractivity contribution in [1.82, 2.24) is 15.2 Å². The summed E-state index contributed by atoms with van der Waals surface area (Å²) in [5.74, 6) is 0.170. The van der Waals surface area contributed by atoms with Crippen molar-refractivity contribution in [3.63, 3.8) is 0 Å². The van der Waals surface area contributed by atoms with Gasteiger partial charge in [-0.2, -0.15) is 0 Å². The minimum atomic E-state index is -0.114. The van der Waals surface area contributed by atoms with Crippen molar-refractivity contribution in [1.29, 1.82) is 0 Å². The average Bonchev–Trinajstić information content (AvgIpc) is 2.59. The number of pyridine rings is 1. The highest BCUT2D eigenvalue weighted by Gasteiger charge is 2.26. The lowest BCUT2D eigenvalue weighted by Crippen LogP contribution is -2.48. The summed E-state index contributed by atoms with van der Waals surface area (Å²) in [6.07, 6.45) is 5.20. The Morgan fingerprint density at radius 2 is 1.83 bits per heavy atom. The first kappa shape index (κ1) is 20.4. The van der Waals surface area contributed by atoms with Crippen LogP contribution in [0.5, 0.6) is 0 Å². The van der Waals surface area contributed by atoms with Gasteiger partial charge in [0.2, 0.25) is 5.91 Å². The summed E-state index contributed by atoms with van der Waals surface area (Å²) in [5.41, 5.74) is 3.78. The van der Waals surface area contributed by atoms with Gasteiger partial charge in [0, 0.05) is 32.5 Å². The molecule has 2 aromatic rings. The molecule has 1 aliphatic rings. The van der Waals surface area contributed by atoms with Gasteiger partial charge < -0.3 is 10.2 Å². The smallest absolute Gasteiger partial charge is 0.239 e. The zero-order valence-corrected chi connectivity index (χ0v) is 15.3. The van der Waals surface area contributed by atoms with Crippen LogP contribution in [0.4, 0.5) is 0 Å². The van der Waals surface area contributed by atoms with Gasteiger partial charge in [0.25, 0.3) is 0 Å². The summed E-state index contributed by atoms with van der Waals surface area (Å²) in [5, 5.41) is 3.35. The monoisotopic (exact) mass is 367 g/mol. The van der Waals surface area contributed by atoms with Gasteiger partial charge in [-0.25, -0.2) is 0 Å². The van der Waals surface area contributed by atoms with Gasteiger partial charge in [-0.3, -0.25) is 9.78 Å². The molecule has 1 aromatic carbocycles. The van der Waals surface area contributed by atoms with Crippen molar-refractivity contribution in [3.8, 4) is 0 Å². The quantitative estimate of drug-likeness (QED) is 0.903. The number of carbonyl (C=O) groups is 1. The molecule has 1 amide bonds. The standard InChI is InChI=1S/C18H21N3O.2ClH/c1-21(11-8-14-6-9-19-10-7-14)18(22)17-12-15-4-2-3-5-16(15)13-20-17;;/h2-7,9-10,17,20H,8,11-13H2,1H3;2*1H. The molecule has 2 heterocycles. The molecule has 6 heteroatoms. The highest BCUT2D eigenvalue weighted by Crippen LogP contribution is 2.17. The van der Waals surface area contributed by atoms with Crippen LogP contribution < -0.4 is 5.32 Å². The van der Waals surface area contributed by atoms with Crippen molar-refractivity contribution >= 4 is 30.7 Å². The van der Waals surface area contributed by atoms with Crippen LogP contribution in [0.3, 0.4) is 0 Å². The van der Waals surface area contributed by atoms with E-state index in [9.17, 15) is 4.79 Å². The molecule has 1 aromatic heterocycles. The Balaban J connectivity index is 0.00000144. The molecule has 0 spiro atoms. The number of hydrogen-bond donors (Lipinski definition) is 1. The molecule has 0 radical (unpaired) electrons. The largest absolute Gasteiger partial charge is 0.344 e. The summed E-state index contributed by atoms with van der Waals surface area (Å²) < 4.78 is 0. The molecule has 0 aliphatic carbocycles. The third-order valence-corrected chi connectivity index (χ3v) is 4.24. The van der Waals surface area contributed by atoms with E-state index in [1.165, 1.54) is 16.7 Å². The fraction of sp³-hybridized carbons (Fsp3) is 0.333. The molecule has 1 unspecified atom stereocenters. The Kier molecular flexibility index (Phi) is 8.19. The molecule has 1 aliphatic heterocycles. The number of hydrogen-bond acceptors (Lipinski definition) is 3. The molecular formula is C18H23Cl2N3O. The number of halogens is 2. The fourth-order valence-electron chi connectivity index (χ4n) is 2.85. The summed E-state index contributed by atoms with van der Waals surface area (Å²) in [6.45, 7) is 1.49. The maximum Gasteiger partial charge on any atom is 0.239 e. The number of nitrogens with zero attached hydrogens (tertiary/aromatic N) is 2. The normalized spacial score (nSPS) is 15.5. The van der Waals surface area contributed by atoms with Gasteiger partial charge >= 0.3 is 0 Å². The van der Waals surface area contributed by atoms with Crippen molar-refractivity contribution in [2.24, 2.45) is 0 Å². The van der Waals surface area contributed by atoms with Crippen molar-refractivity contribution in [2.75, 3.05) is 13.6 Å². The van der Waals surface area contributed by atoms with Crippen LogP contribution in [0.2, 0.25) is 0 Å². The highest BCUT2D eigenvalue weighted by molar-refractivity contribution is 5.85. The Labute approximate surface area is 155 Å². The summed E-state index contributed by atoms with van der Waals surface area (Å²) in [6, 6.07) is 12.2. The number of aromatic nitrogens is 1. The second-order valence-corrected chi connectivity index (χ2v) is 5.77. The molecule has 24 heavy (non-hydrogen) atoms. The minimum Gasteiger partial charge on any atom is -0.344 e. The van der Waals surface area contributed by atoms with Gasteiger partial charge in [-0.15, -0.1) is 24.8 Å². The Bertz CT molecular complexity index is 652. The molecule has 0 fully saturated rings. The van der Waals surface area contributed by atoms with Crippen LogP contribution in [-0.2, 0) is 24.2 Å². The van der Waals surface area contributed by atoms with Crippen LogP contribution in [0.1, 0.15) is 16.7 Å². The van der Waals surface area contributed by atoms with E-state index in [1.807, 2.05) is 36.2 Å². The summed E-state index contributed by atoms with van der Waals surface area (Å²) in [4.78, 5) is 18.4. The molecule has 1 atom stereocenters.